The molecule has 2 rings (SSSR count). The lowest BCUT2D eigenvalue weighted by Gasteiger charge is -1.95. The first-order valence-electron chi connectivity index (χ1n) is 3.13. The maximum Gasteiger partial charge on any atom is 0.223 e. The summed E-state index contributed by atoms with van der Waals surface area (Å²) in [6, 6.07) is 1.81. The SMILES string of the molecule is Nc1nc(N)c2cc[nH]c2n1. The molecule has 5 heteroatoms. The third-order valence-electron chi connectivity index (χ3n) is 1.46. The normalized spacial score (nSPS) is 10.5. The molecule has 2 heterocycles. The van der Waals surface area contributed by atoms with Gasteiger partial charge in [0.05, 0.1) is 5.39 Å². The van der Waals surface area contributed by atoms with Gasteiger partial charge < -0.3 is 16.5 Å². The molecule has 0 aliphatic carbocycles. The second-order valence-corrected chi connectivity index (χ2v) is 2.21. The zero-order valence-electron chi connectivity index (χ0n) is 5.70. The number of nitrogens with two attached hydrogens (primary N) is 2. The smallest absolute Gasteiger partial charge is 0.223 e. The standard InChI is InChI=1S/C6H7N5/c7-4-3-1-2-9-5(3)11-6(8)10-4/h1-2H,(H5,7,8,9,10,11). The zero-order valence-corrected chi connectivity index (χ0v) is 5.70. The summed E-state index contributed by atoms with van der Waals surface area (Å²) in [5.41, 5.74) is 11.6. The average Bonchev–Trinajstić information content (AvgIpc) is 2.34. The van der Waals surface area contributed by atoms with E-state index in [1.165, 1.54) is 0 Å². The number of nitrogen functional groups attached to an aromatic ring is 2. The van der Waals surface area contributed by atoms with E-state index >= 15 is 0 Å². The molecule has 0 aliphatic heterocycles. The molecule has 0 saturated heterocycles. The van der Waals surface area contributed by atoms with E-state index < -0.39 is 0 Å². The fourth-order valence-electron chi connectivity index (χ4n) is 0.983. The monoisotopic (exact) mass is 149 g/mol. The van der Waals surface area contributed by atoms with E-state index in [-0.39, 0.29) is 5.95 Å². The summed E-state index contributed by atoms with van der Waals surface area (Å²) in [6.07, 6.45) is 1.75. The van der Waals surface area contributed by atoms with Gasteiger partial charge in [-0.2, -0.15) is 9.97 Å². The lowest BCUT2D eigenvalue weighted by atomic mass is 10.4. The van der Waals surface area contributed by atoms with Crippen molar-refractivity contribution in [3.8, 4) is 0 Å². The number of nitrogens with zero attached hydrogens (tertiary/aromatic N) is 2. The van der Waals surface area contributed by atoms with Crippen LogP contribution in [-0.2, 0) is 0 Å². The molecule has 0 radical (unpaired) electrons. The number of H-pyrrole nitrogens is 1. The molecular formula is C6H7N5. The lowest BCUT2D eigenvalue weighted by Crippen LogP contribution is -1.99. The van der Waals surface area contributed by atoms with Crippen molar-refractivity contribution in [1.29, 1.82) is 0 Å². The lowest BCUT2D eigenvalue weighted by molar-refractivity contribution is 1.22. The maximum atomic E-state index is 5.55. The average molecular weight is 149 g/mol. The highest BCUT2D eigenvalue weighted by molar-refractivity contribution is 5.86. The predicted molar refractivity (Wildman–Crippen MR) is 42.7 cm³/mol. The Morgan fingerprint density at radius 2 is 2.09 bits per heavy atom. The van der Waals surface area contributed by atoms with E-state index in [1.54, 1.807) is 6.20 Å². The summed E-state index contributed by atoms with van der Waals surface area (Å²) < 4.78 is 0. The molecule has 5 nitrogen and oxygen atoms in total. The number of fused-ring (bicyclic) bond motifs is 1. The van der Waals surface area contributed by atoms with Gasteiger partial charge in [0.2, 0.25) is 5.95 Å². The van der Waals surface area contributed by atoms with Crippen molar-refractivity contribution in [2.75, 3.05) is 11.5 Å². The number of aromatic amines is 1. The zero-order chi connectivity index (χ0) is 7.84. The number of nitrogens with one attached hydrogen (secondary N) is 1. The summed E-state index contributed by atoms with van der Waals surface area (Å²) in [4.78, 5) is 10.6. The molecule has 11 heavy (non-hydrogen) atoms. The highest BCUT2D eigenvalue weighted by atomic mass is 15.1. The van der Waals surface area contributed by atoms with Crippen molar-refractivity contribution in [2.45, 2.75) is 0 Å². The Kier molecular flexibility index (Phi) is 1.00. The summed E-state index contributed by atoms with van der Waals surface area (Å²) in [5, 5.41) is 0.805. The van der Waals surface area contributed by atoms with Crippen LogP contribution in [0.3, 0.4) is 0 Å². The van der Waals surface area contributed by atoms with E-state index in [0.29, 0.717) is 11.5 Å². The number of anilines is 2. The second kappa shape index (κ2) is 1.85. The summed E-state index contributed by atoms with van der Waals surface area (Å²) in [5.74, 6) is 0.603. The number of hydrogen-bond donors (Lipinski definition) is 3. The van der Waals surface area contributed by atoms with Gasteiger partial charge in [-0.25, -0.2) is 0 Å². The Morgan fingerprint density at radius 3 is 2.91 bits per heavy atom. The number of hydrogen-bond acceptors (Lipinski definition) is 4. The van der Waals surface area contributed by atoms with Gasteiger partial charge in [-0.15, -0.1) is 0 Å². The van der Waals surface area contributed by atoms with E-state index in [0.717, 1.165) is 5.39 Å². The first kappa shape index (κ1) is 5.96. The molecule has 0 bridgehead atoms. The molecule has 2 aromatic heterocycles. The summed E-state index contributed by atoms with van der Waals surface area (Å²) in [7, 11) is 0. The number of aromatic nitrogens is 3. The molecule has 0 saturated carbocycles. The van der Waals surface area contributed by atoms with Gasteiger partial charge in [0.1, 0.15) is 11.5 Å². The van der Waals surface area contributed by atoms with Crippen LogP contribution in [-0.4, -0.2) is 15.0 Å². The van der Waals surface area contributed by atoms with Crippen molar-refractivity contribution in [3.05, 3.63) is 12.3 Å². The fraction of sp³-hybridized carbons (Fsp3) is 0. The van der Waals surface area contributed by atoms with E-state index in [4.69, 9.17) is 11.5 Å². The minimum Gasteiger partial charge on any atom is -0.383 e. The predicted octanol–water partition coefficient (Wildman–Crippen LogP) is 0.122. The maximum absolute atomic E-state index is 5.55. The van der Waals surface area contributed by atoms with Crippen LogP contribution in [0.4, 0.5) is 11.8 Å². The van der Waals surface area contributed by atoms with Crippen LogP contribution in [0.1, 0.15) is 0 Å². The molecule has 2 aromatic rings. The van der Waals surface area contributed by atoms with E-state index in [2.05, 4.69) is 15.0 Å². The highest BCUT2D eigenvalue weighted by Crippen LogP contribution is 2.15. The molecule has 0 aliphatic rings. The Morgan fingerprint density at radius 1 is 1.27 bits per heavy atom. The van der Waals surface area contributed by atoms with Gasteiger partial charge in [-0.3, -0.25) is 0 Å². The van der Waals surface area contributed by atoms with E-state index in [9.17, 15) is 0 Å². The molecule has 0 aromatic carbocycles. The Hall–Kier alpha value is -1.78. The molecule has 0 spiro atoms. The molecule has 56 valence electrons. The Labute approximate surface area is 62.4 Å². The summed E-state index contributed by atoms with van der Waals surface area (Å²) in [6.45, 7) is 0. The van der Waals surface area contributed by atoms with Crippen LogP contribution in [0.2, 0.25) is 0 Å². The third-order valence-corrected chi connectivity index (χ3v) is 1.46. The van der Waals surface area contributed by atoms with Crippen LogP contribution >= 0.6 is 0 Å². The van der Waals surface area contributed by atoms with Gasteiger partial charge >= 0.3 is 0 Å². The molecule has 0 atom stereocenters. The van der Waals surface area contributed by atoms with Gasteiger partial charge in [0, 0.05) is 6.20 Å². The first-order chi connectivity index (χ1) is 5.27. The van der Waals surface area contributed by atoms with Gasteiger partial charge in [0.15, 0.2) is 0 Å². The van der Waals surface area contributed by atoms with Crippen LogP contribution in [0.5, 0.6) is 0 Å². The van der Waals surface area contributed by atoms with Gasteiger partial charge in [-0.05, 0) is 6.07 Å². The fourth-order valence-corrected chi connectivity index (χ4v) is 0.983. The topological polar surface area (TPSA) is 93.6 Å². The van der Waals surface area contributed by atoms with Gasteiger partial charge in [0.25, 0.3) is 0 Å². The van der Waals surface area contributed by atoms with Crippen LogP contribution in [0.25, 0.3) is 11.0 Å². The van der Waals surface area contributed by atoms with E-state index in [1.807, 2.05) is 6.07 Å². The quantitative estimate of drug-likeness (QED) is 0.496. The van der Waals surface area contributed by atoms with Crippen LogP contribution in [0, 0.1) is 0 Å². The molecule has 0 amide bonds. The van der Waals surface area contributed by atoms with Crippen molar-refractivity contribution in [1.82, 2.24) is 15.0 Å². The van der Waals surface area contributed by atoms with Crippen molar-refractivity contribution >= 4 is 22.8 Å². The highest BCUT2D eigenvalue weighted by Gasteiger charge is 2.01. The minimum absolute atomic E-state index is 0.192. The molecule has 5 N–H and O–H groups in total. The second-order valence-electron chi connectivity index (χ2n) is 2.21. The van der Waals surface area contributed by atoms with Crippen molar-refractivity contribution < 1.29 is 0 Å². The summed E-state index contributed by atoms with van der Waals surface area (Å²) >= 11 is 0. The van der Waals surface area contributed by atoms with Crippen molar-refractivity contribution in [2.24, 2.45) is 0 Å². The molecular weight excluding hydrogens is 142 g/mol. The molecule has 0 fully saturated rings. The Balaban J connectivity index is 2.91. The largest absolute Gasteiger partial charge is 0.383 e. The Bertz CT molecular complexity index is 391. The molecule has 0 unspecified atom stereocenters. The third kappa shape index (κ3) is 0.778. The number of rotatable bonds is 0. The first-order valence-corrected chi connectivity index (χ1v) is 3.13. The van der Waals surface area contributed by atoms with Crippen LogP contribution in [0.15, 0.2) is 12.3 Å². The van der Waals surface area contributed by atoms with Crippen LogP contribution < -0.4 is 11.5 Å². The minimum atomic E-state index is 0.192. The van der Waals surface area contributed by atoms with Crippen molar-refractivity contribution in [3.63, 3.8) is 0 Å². The van der Waals surface area contributed by atoms with Gasteiger partial charge in [-0.1, -0.05) is 0 Å².